The number of unbranched alkanes of at least 4 members (excludes halogenated alkanes) is 5. The number of hydrogen-bond acceptors (Lipinski definition) is 1. The number of hydrogen-bond donors (Lipinski definition) is 0. The third kappa shape index (κ3) is 5.39. The summed E-state index contributed by atoms with van der Waals surface area (Å²) in [7, 11) is 0. The quantitative estimate of drug-likeness (QED) is 0.532. The molecule has 100 valence electrons. The van der Waals surface area contributed by atoms with E-state index in [2.05, 4.69) is 32.6 Å². The molecule has 0 aliphatic heterocycles. The highest BCUT2D eigenvalue weighted by Crippen LogP contribution is 2.20. The minimum atomic E-state index is 0.834. The Morgan fingerprint density at radius 2 is 1.83 bits per heavy atom. The van der Waals surface area contributed by atoms with Crippen LogP contribution in [-0.4, -0.2) is 6.61 Å². The Hall–Kier alpha value is -1.24. The maximum Gasteiger partial charge on any atom is 0.122 e. The molecule has 0 spiro atoms. The first kappa shape index (κ1) is 14.8. The van der Waals surface area contributed by atoms with Crippen LogP contribution in [-0.2, 0) is 0 Å². The summed E-state index contributed by atoms with van der Waals surface area (Å²) in [6.07, 6.45) is 9.68. The summed E-state index contributed by atoms with van der Waals surface area (Å²) in [6, 6.07) is 6.21. The lowest BCUT2D eigenvalue weighted by molar-refractivity contribution is 0.302. The fourth-order valence-corrected chi connectivity index (χ4v) is 2.03. The molecule has 0 N–H and O–H groups in total. The van der Waals surface area contributed by atoms with Crippen molar-refractivity contribution in [1.82, 2.24) is 0 Å². The second-order valence-electron chi connectivity index (χ2n) is 4.85. The fourth-order valence-electron chi connectivity index (χ4n) is 2.03. The SMILES string of the molecule is C=Cc1ccc(OCCCCCCCC)c(C)c1. The van der Waals surface area contributed by atoms with Crippen molar-refractivity contribution in [3.63, 3.8) is 0 Å². The topological polar surface area (TPSA) is 9.23 Å². The molecule has 0 atom stereocenters. The van der Waals surface area contributed by atoms with E-state index in [0.29, 0.717) is 0 Å². The molecule has 1 heteroatoms. The molecule has 18 heavy (non-hydrogen) atoms. The van der Waals surface area contributed by atoms with Gasteiger partial charge in [0.05, 0.1) is 6.61 Å². The third-order valence-corrected chi connectivity index (χ3v) is 3.19. The van der Waals surface area contributed by atoms with Crippen molar-refractivity contribution in [1.29, 1.82) is 0 Å². The van der Waals surface area contributed by atoms with Crippen molar-refractivity contribution >= 4 is 6.08 Å². The zero-order valence-corrected chi connectivity index (χ0v) is 11.9. The molecule has 0 radical (unpaired) electrons. The summed E-state index contributed by atoms with van der Waals surface area (Å²) in [4.78, 5) is 0. The summed E-state index contributed by atoms with van der Waals surface area (Å²) in [5, 5.41) is 0. The number of ether oxygens (including phenoxy) is 1. The fraction of sp³-hybridized carbons (Fsp3) is 0.529. The predicted molar refractivity (Wildman–Crippen MR) is 80.1 cm³/mol. The predicted octanol–water partition coefficient (Wildman–Crippen LogP) is 5.38. The summed E-state index contributed by atoms with van der Waals surface area (Å²) in [6.45, 7) is 8.94. The highest BCUT2D eigenvalue weighted by Gasteiger charge is 1.99. The molecule has 0 bridgehead atoms. The molecule has 0 aliphatic rings. The molecule has 1 rings (SSSR count). The zero-order valence-electron chi connectivity index (χ0n) is 11.9. The largest absolute Gasteiger partial charge is 0.493 e. The first-order chi connectivity index (χ1) is 8.77. The molecular weight excluding hydrogens is 220 g/mol. The van der Waals surface area contributed by atoms with E-state index in [9.17, 15) is 0 Å². The maximum atomic E-state index is 5.81. The van der Waals surface area contributed by atoms with Crippen molar-refractivity contribution < 1.29 is 4.74 Å². The Balaban J connectivity index is 2.21. The highest BCUT2D eigenvalue weighted by molar-refractivity contribution is 5.51. The van der Waals surface area contributed by atoms with Gasteiger partial charge in [-0.25, -0.2) is 0 Å². The molecule has 1 aromatic rings. The Kier molecular flexibility index (Phi) is 7.24. The van der Waals surface area contributed by atoms with Crippen LogP contribution in [0.4, 0.5) is 0 Å². The van der Waals surface area contributed by atoms with Gasteiger partial charge < -0.3 is 4.74 Å². The zero-order chi connectivity index (χ0) is 13.2. The number of rotatable bonds is 9. The minimum absolute atomic E-state index is 0.834. The van der Waals surface area contributed by atoms with E-state index < -0.39 is 0 Å². The van der Waals surface area contributed by atoms with Gasteiger partial charge in [0.15, 0.2) is 0 Å². The molecule has 0 saturated carbocycles. The lowest BCUT2D eigenvalue weighted by Gasteiger charge is -2.09. The maximum absolute atomic E-state index is 5.81. The highest BCUT2D eigenvalue weighted by atomic mass is 16.5. The van der Waals surface area contributed by atoms with E-state index in [0.717, 1.165) is 24.3 Å². The van der Waals surface area contributed by atoms with Crippen molar-refractivity contribution in [2.45, 2.75) is 52.4 Å². The van der Waals surface area contributed by atoms with Gasteiger partial charge >= 0.3 is 0 Å². The molecule has 1 nitrogen and oxygen atoms in total. The van der Waals surface area contributed by atoms with Gasteiger partial charge in [0, 0.05) is 0 Å². The summed E-state index contributed by atoms with van der Waals surface area (Å²) < 4.78 is 5.81. The average Bonchev–Trinajstić information content (AvgIpc) is 2.39. The van der Waals surface area contributed by atoms with E-state index in [4.69, 9.17) is 4.74 Å². The summed E-state index contributed by atoms with van der Waals surface area (Å²) in [5.41, 5.74) is 2.35. The van der Waals surface area contributed by atoms with Crippen LogP contribution < -0.4 is 4.74 Å². The van der Waals surface area contributed by atoms with Crippen LogP contribution in [0.25, 0.3) is 6.08 Å². The normalized spacial score (nSPS) is 10.3. The van der Waals surface area contributed by atoms with E-state index in [-0.39, 0.29) is 0 Å². The Labute approximate surface area is 112 Å². The third-order valence-electron chi connectivity index (χ3n) is 3.19. The van der Waals surface area contributed by atoms with E-state index in [1.165, 1.54) is 37.7 Å². The molecular formula is C17H26O. The van der Waals surface area contributed by atoms with Crippen LogP contribution in [0.3, 0.4) is 0 Å². The monoisotopic (exact) mass is 246 g/mol. The van der Waals surface area contributed by atoms with Gasteiger partial charge in [-0.2, -0.15) is 0 Å². The lowest BCUT2D eigenvalue weighted by atomic mass is 10.1. The molecule has 0 fully saturated rings. The van der Waals surface area contributed by atoms with Gasteiger partial charge in [-0.15, -0.1) is 0 Å². The van der Waals surface area contributed by atoms with Crippen LogP contribution in [0.5, 0.6) is 5.75 Å². The van der Waals surface area contributed by atoms with E-state index in [1.54, 1.807) is 0 Å². The van der Waals surface area contributed by atoms with E-state index in [1.807, 2.05) is 12.1 Å². The van der Waals surface area contributed by atoms with Crippen molar-refractivity contribution in [2.24, 2.45) is 0 Å². The van der Waals surface area contributed by atoms with Crippen molar-refractivity contribution in [3.05, 3.63) is 35.9 Å². The van der Waals surface area contributed by atoms with Gasteiger partial charge in [0.2, 0.25) is 0 Å². The average molecular weight is 246 g/mol. The minimum Gasteiger partial charge on any atom is -0.493 e. The summed E-state index contributed by atoms with van der Waals surface area (Å²) in [5.74, 6) is 1.01. The van der Waals surface area contributed by atoms with Crippen LogP contribution >= 0.6 is 0 Å². The molecule has 0 unspecified atom stereocenters. The smallest absolute Gasteiger partial charge is 0.122 e. The standard InChI is InChI=1S/C17H26O/c1-4-6-7-8-9-10-13-18-17-12-11-16(5-2)14-15(17)3/h5,11-12,14H,2,4,6-10,13H2,1,3H3. The first-order valence-corrected chi connectivity index (χ1v) is 7.13. The van der Waals surface area contributed by atoms with Crippen molar-refractivity contribution in [3.8, 4) is 5.75 Å². The van der Waals surface area contributed by atoms with Crippen LogP contribution in [0.1, 0.15) is 56.6 Å². The van der Waals surface area contributed by atoms with Crippen LogP contribution in [0, 0.1) is 6.92 Å². The number of aryl methyl sites for hydroxylation is 1. The second-order valence-corrected chi connectivity index (χ2v) is 4.85. The summed E-state index contributed by atoms with van der Waals surface area (Å²) >= 11 is 0. The van der Waals surface area contributed by atoms with Crippen LogP contribution in [0.15, 0.2) is 24.8 Å². The number of benzene rings is 1. The van der Waals surface area contributed by atoms with Gasteiger partial charge in [-0.3, -0.25) is 0 Å². The van der Waals surface area contributed by atoms with Gasteiger partial charge in [0.25, 0.3) is 0 Å². The molecule has 0 heterocycles. The molecule has 0 amide bonds. The Bertz CT molecular complexity index is 355. The Morgan fingerprint density at radius 1 is 1.11 bits per heavy atom. The molecule has 0 saturated heterocycles. The molecule has 0 aromatic heterocycles. The van der Waals surface area contributed by atoms with Gasteiger partial charge in [-0.1, -0.05) is 57.7 Å². The molecule has 1 aromatic carbocycles. The van der Waals surface area contributed by atoms with Crippen LogP contribution in [0.2, 0.25) is 0 Å². The van der Waals surface area contributed by atoms with Crippen molar-refractivity contribution in [2.75, 3.05) is 6.61 Å². The lowest BCUT2D eigenvalue weighted by Crippen LogP contribution is -1.99. The second kappa shape index (κ2) is 8.79. The Morgan fingerprint density at radius 3 is 2.50 bits per heavy atom. The first-order valence-electron chi connectivity index (χ1n) is 7.13. The van der Waals surface area contributed by atoms with E-state index >= 15 is 0 Å². The van der Waals surface area contributed by atoms with Gasteiger partial charge in [0.1, 0.15) is 5.75 Å². The molecule has 0 aliphatic carbocycles. The van der Waals surface area contributed by atoms with Gasteiger partial charge in [-0.05, 0) is 36.6 Å².